The van der Waals surface area contributed by atoms with E-state index in [4.69, 9.17) is 4.74 Å². The maximum absolute atomic E-state index is 13.7. The number of carbonyl (C=O) groups is 2. The Morgan fingerprint density at radius 1 is 0.903 bits per heavy atom. The van der Waals surface area contributed by atoms with E-state index in [1.807, 2.05) is 56.0 Å². The third kappa shape index (κ3) is 6.00. The topological polar surface area (TPSA) is 61.9 Å². The summed E-state index contributed by atoms with van der Waals surface area (Å²) in [6, 6.07) is 9.48. The summed E-state index contributed by atoms with van der Waals surface area (Å²) in [6.07, 6.45) is 4.02. The molecule has 1 aromatic carbocycles. The molecule has 1 aromatic rings. The number of benzene rings is 1. The maximum Gasteiger partial charge on any atom is 0.408 e. The Morgan fingerprint density at radius 2 is 1.42 bits per heavy atom. The zero-order valence-electron chi connectivity index (χ0n) is 19.8. The number of amides is 2. The van der Waals surface area contributed by atoms with Gasteiger partial charge in [0.1, 0.15) is 11.1 Å². The van der Waals surface area contributed by atoms with E-state index < -0.39 is 17.2 Å². The molecular weight excluding hydrogens is 390 g/mol. The van der Waals surface area contributed by atoms with E-state index >= 15 is 0 Å². The second kappa shape index (κ2) is 9.60. The second-order valence-corrected chi connectivity index (χ2v) is 10.4. The largest absolute Gasteiger partial charge is 0.444 e. The molecule has 2 saturated heterocycles. The Balaban J connectivity index is 1.70. The van der Waals surface area contributed by atoms with Crippen molar-refractivity contribution in [2.45, 2.75) is 64.5 Å². The molecule has 172 valence electrons. The van der Waals surface area contributed by atoms with Crippen LogP contribution in [-0.4, -0.2) is 60.6 Å². The molecule has 2 aliphatic heterocycles. The molecule has 0 radical (unpaired) electrons. The van der Waals surface area contributed by atoms with Crippen LogP contribution in [0.1, 0.15) is 58.9 Å². The molecule has 1 atom stereocenters. The minimum atomic E-state index is -1.16. The Morgan fingerprint density at radius 3 is 1.94 bits per heavy atom. The third-order valence-electron chi connectivity index (χ3n) is 6.79. The zero-order valence-corrected chi connectivity index (χ0v) is 19.8. The SMILES string of the molecule is CN1CCC(C2CCN(C(=O)[C@@](C)(NC(=O)OC(C)(C)C)c3ccccc3)CC2)CC1. The number of rotatable bonds is 4. The van der Waals surface area contributed by atoms with Gasteiger partial charge in [-0.15, -0.1) is 0 Å². The average molecular weight is 430 g/mol. The van der Waals surface area contributed by atoms with Gasteiger partial charge in [-0.05, 0) is 90.9 Å². The highest BCUT2D eigenvalue weighted by Gasteiger charge is 2.42. The summed E-state index contributed by atoms with van der Waals surface area (Å²) in [7, 11) is 2.19. The molecule has 0 bridgehead atoms. The first-order valence-corrected chi connectivity index (χ1v) is 11.6. The number of nitrogens with zero attached hydrogens (tertiary/aromatic N) is 2. The van der Waals surface area contributed by atoms with Crippen molar-refractivity contribution < 1.29 is 14.3 Å². The van der Waals surface area contributed by atoms with Crippen LogP contribution < -0.4 is 5.32 Å². The summed E-state index contributed by atoms with van der Waals surface area (Å²) in [5, 5.41) is 2.88. The molecule has 0 aromatic heterocycles. The number of ether oxygens (including phenoxy) is 1. The summed E-state index contributed by atoms with van der Waals surface area (Å²) in [4.78, 5) is 30.6. The van der Waals surface area contributed by atoms with Gasteiger partial charge in [-0.2, -0.15) is 0 Å². The highest BCUT2D eigenvalue weighted by atomic mass is 16.6. The second-order valence-electron chi connectivity index (χ2n) is 10.4. The summed E-state index contributed by atoms with van der Waals surface area (Å²) >= 11 is 0. The van der Waals surface area contributed by atoms with E-state index in [0.29, 0.717) is 5.92 Å². The first-order valence-electron chi connectivity index (χ1n) is 11.6. The van der Waals surface area contributed by atoms with Crippen molar-refractivity contribution in [3.63, 3.8) is 0 Å². The van der Waals surface area contributed by atoms with Crippen LogP contribution in [0.4, 0.5) is 4.79 Å². The Bertz CT molecular complexity index is 745. The van der Waals surface area contributed by atoms with Crippen molar-refractivity contribution in [1.82, 2.24) is 15.1 Å². The van der Waals surface area contributed by atoms with Gasteiger partial charge in [0.25, 0.3) is 5.91 Å². The molecule has 2 fully saturated rings. The van der Waals surface area contributed by atoms with Crippen molar-refractivity contribution in [3.05, 3.63) is 35.9 Å². The number of carbonyl (C=O) groups excluding carboxylic acids is 2. The number of alkyl carbamates (subject to hydrolysis) is 1. The molecule has 0 unspecified atom stereocenters. The first kappa shape index (κ1) is 23.6. The van der Waals surface area contributed by atoms with Crippen molar-refractivity contribution in [2.75, 3.05) is 33.2 Å². The van der Waals surface area contributed by atoms with Gasteiger partial charge in [-0.25, -0.2) is 4.79 Å². The molecule has 2 heterocycles. The lowest BCUT2D eigenvalue weighted by atomic mass is 9.78. The predicted octanol–water partition coefficient (Wildman–Crippen LogP) is 4.01. The van der Waals surface area contributed by atoms with Crippen LogP contribution in [0, 0.1) is 11.8 Å². The van der Waals surface area contributed by atoms with Crippen LogP contribution in [-0.2, 0) is 15.1 Å². The Labute approximate surface area is 187 Å². The first-order chi connectivity index (χ1) is 14.6. The normalized spacial score (nSPS) is 21.4. The summed E-state index contributed by atoms with van der Waals surface area (Å²) in [5.74, 6) is 1.40. The van der Waals surface area contributed by atoms with Gasteiger partial charge in [-0.3, -0.25) is 4.79 Å². The molecule has 2 aliphatic rings. The third-order valence-corrected chi connectivity index (χ3v) is 6.79. The van der Waals surface area contributed by atoms with Crippen LogP contribution in [0.25, 0.3) is 0 Å². The van der Waals surface area contributed by atoms with Gasteiger partial charge in [-0.1, -0.05) is 30.3 Å². The lowest BCUT2D eigenvalue weighted by Gasteiger charge is -2.42. The standard InChI is InChI=1S/C25H39N3O3/c1-24(2,3)31-23(30)26-25(4,21-9-7-6-8-10-21)22(29)28-17-13-20(14-18-28)19-11-15-27(5)16-12-19/h6-10,19-20H,11-18H2,1-5H3,(H,26,30)/t25-/m0/s1. The van der Waals surface area contributed by atoms with Gasteiger partial charge < -0.3 is 19.9 Å². The van der Waals surface area contributed by atoms with Crippen LogP contribution in [0.2, 0.25) is 0 Å². The van der Waals surface area contributed by atoms with Gasteiger partial charge in [0.2, 0.25) is 0 Å². The lowest BCUT2D eigenvalue weighted by molar-refractivity contribution is -0.140. The fourth-order valence-electron chi connectivity index (χ4n) is 4.92. The fraction of sp³-hybridized carbons (Fsp3) is 0.680. The molecule has 0 aliphatic carbocycles. The molecule has 6 heteroatoms. The number of likely N-dealkylation sites (tertiary alicyclic amines) is 2. The lowest BCUT2D eigenvalue weighted by Crippen LogP contribution is -2.57. The molecule has 0 saturated carbocycles. The quantitative estimate of drug-likeness (QED) is 0.786. The Kier molecular flexibility index (Phi) is 7.30. The van der Waals surface area contributed by atoms with E-state index in [0.717, 1.165) is 37.4 Å². The van der Waals surface area contributed by atoms with Gasteiger partial charge in [0.15, 0.2) is 0 Å². The fourth-order valence-corrected chi connectivity index (χ4v) is 4.92. The van der Waals surface area contributed by atoms with Crippen molar-refractivity contribution >= 4 is 12.0 Å². The number of piperidine rings is 2. The van der Waals surface area contributed by atoms with E-state index in [-0.39, 0.29) is 5.91 Å². The Hall–Kier alpha value is -2.08. The highest BCUT2D eigenvalue weighted by Crippen LogP contribution is 2.34. The van der Waals surface area contributed by atoms with E-state index in [2.05, 4.69) is 17.3 Å². The van der Waals surface area contributed by atoms with Gasteiger partial charge in [0, 0.05) is 13.1 Å². The molecule has 3 rings (SSSR count). The van der Waals surface area contributed by atoms with Crippen molar-refractivity contribution in [1.29, 1.82) is 0 Å². The minimum Gasteiger partial charge on any atom is -0.444 e. The highest BCUT2D eigenvalue weighted by molar-refractivity contribution is 5.91. The number of nitrogens with one attached hydrogen (secondary N) is 1. The average Bonchev–Trinajstić information content (AvgIpc) is 2.73. The molecular formula is C25H39N3O3. The minimum absolute atomic E-state index is 0.0635. The van der Waals surface area contributed by atoms with Crippen LogP contribution in [0.3, 0.4) is 0 Å². The number of hydrogen-bond acceptors (Lipinski definition) is 4. The summed E-state index contributed by atoms with van der Waals surface area (Å²) < 4.78 is 5.47. The maximum atomic E-state index is 13.7. The summed E-state index contributed by atoms with van der Waals surface area (Å²) in [5.41, 5.74) is -1.02. The van der Waals surface area contributed by atoms with Crippen molar-refractivity contribution in [2.24, 2.45) is 11.8 Å². The molecule has 6 nitrogen and oxygen atoms in total. The van der Waals surface area contributed by atoms with Crippen LogP contribution in [0.15, 0.2) is 30.3 Å². The van der Waals surface area contributed by atoms with Gasteiger partial charge >= 0.3 is 6.09 Å². The summed E-state index contributed by atoms with van der Waals surface area (Å²) in [6.45, 7) is 11.1. The monoisotopic (exact) mass is 429 g/mol. The molecule has 1 N–H and O–H groups in total. The number of hydrogen-bond donors (Lipinski definition) is 1. The van der Waals surface area contributed by atoms with Crippen LogP contribution in [0.5, 0.6) is 0 Å². The molecule has 31 heavy (non-hydrogen) atoms. The van der Waals surface area contributed by atoms with E-state index in [9.17, 15) is 9.59 Å². The van der Waals surface area contributed by atoms with E-state index in [1.54, 1.807) is 6.92 Å². The molecule has 0 spiro atoms. The van der Waals surface area contributed by atoms with Gasteiger partial charge in [0.05, 0.1) is 0 Å². The smallest absolute Gasteiger partial charge is 0.408 e. The van der Waals surface area contributed by atoms with E-state index in [1.165, 1.54) is 25.9 Å². The molecule has 2 amide bonds. The zero-order chi connectivity index (χ0) is 22.6. The predicted molar refractivity (Wildman–Crippen MR) is 123 cm³/mol. The van der Waals surface area contributed by atoms with Crippen molar-refractivity contribution in [3.8, 4) is 0 Å². The van der Waals surface area contributed by atoms with Crippen LogP contribution >= 0.6 is 0 Å².